The monoisotopic (exact) mass is 374 g/mol. The van der Waals surface area contributed by atoms with Crippen LogP contribution in [0.3, 0.4) is 0 Å². The van der Waals surface area contributed by atoms with Crippen molar-refractivity contribution in [1.82, 2.24) is 15.2 Å². The summed E-state index contributed by atoms with van der Waals surface area (Å²) in [5.41, 5.74) is 5.38. The highest BCUT2D eigenvalue weighted by molar-refractivity contribution is 6.36. The Morgan fingerprint density at radius 1 is 1.12 bits per heavy atom. The number of pyridine rings is 1. The van der Waals surface area contributed by atoms with Crippen LogP contribution >= 0.6 is 23.2 Å². The van der Waals surface area contributed by atoms with Crippen LogP contribution in [0, 0.1) is 6.92 Å². The lowest BCUT2D eigenvalue weighted by molar-refractivity contribution is 0.463. The number of fused-ring (bicyclic) bond motifs is 1. The number of halogens is 2. The first-order valence-corrected chi connectivity index (χ1v) is 9.45. The van der Waals surface area contributed by atoms with Gasteiger partial charge in [-0.2, -0.15) is 5.10 Å². The smallest absolute Gasteiger partial charge is 0.120 e. The average Bonchev–Trinajstić information content (AvgIpc) is 2.99. The van der Waals surface area contributed by atoms with Gasteiger partial charge in [-0.3, -0.25) is 5.10 Å². The molecule has 0 radical (unpaired) electrons. The summed E-state index contributed by atoms with van der Waals surface area (Å²) in [6.45, 7) is 2.01. The number of nitrogens with zero attached hydrogens (tertiary/aromatic N) is 2. The van der Waals surface area contributed by atoms with Crippen molar-refractivity contribution in [2.24, 2.45) is 0 Å². The minimum Gasteiger partial charge on any atom is -0.380 e. The van der Waals surface area contributed by atoms with Gasteiger partial charge in [-0.05, 0) is 44.0 Å². The zero-order valence-corrected chi connectivity index (χ0v) is 15.6. The largest absolute Gasteiger partial charge is 0.380 e. The number of benzene rings is 1. The highest BCUT2D eigenvalue weighted by atomic mass is 35.5. The minimum atomic E-state index is 0.518. The molecule has 130 valence electrons. The molecule has 6 heteroatoms. The summed E-state index contributed by atoms with van der Waals surface area (Å²) >= 11 is 12.4. The first kappa shape index (κ1) is 16.7. The fraction of sp³-hybridized carbons (Fsp3) is 0.368. The summed E-state index contributed by atoms with van der Waals surface area (Å²) in [6.07, 6.45) is 6.35. The minimum absolute atomic E-state index is 0.518. The van der Waals surface area contributed by atoms with Gasteiger partial charge in [0.25, 0.3) is 0 Å². The fourth-order valence-electron chi connectivity index (χ4n) is 3.57. The van der Waals surface area contributed by atoms with Crippen molar-refractivity contribution in [1.29, 1.82) is 0 Å². The van der Waals surface area contributed by atoms with Crippen LogP contribution in [0.1, 0.15) is 37.8 Å². The van der Waals surface area contributed by atoms with Crippen LogP contribution in [0.15, 0.2) is 24.3 Å². The average molecular weight is 375 g/mol. The summed E-state index contributed by atoms with van der Waals surface area (Å²) in [6, 6.07) is 8.04. The van der Waals surface area contributed by atoms with E-state index in [4.69, 9.17) is 28.2 Å². The van der Waals surface area contributed by atoms with Crippen LogP contribution in [0.25, 0.3) is 22.3 Å². The summed E-state index contributed by atoms with van der Waals surface area (Å²) in [4.78, 5) is 4.70. The highest BCUT2D eigenvalue weighted by Crippen LogP contribution is 2.35. The Labute approximate surface area is 156 Å². The first-order valence-electron chi connectivity index (χ1n) is 8.69. The fourth-order valence-corrected chi connectivity index (χ4v) is 4.07. The number of nitrogens with one attached hydrogen (secondary N) is 2. The van der Waals surface area contributed by atoms with Crippen molar-refractivity contribution in [3.8, 4) is 11.3 Å². The molecule has 1 aliphatic rings. The maximum Gasteiger partial charge on any atom is 0.120 e. The Morgan fingerprint density at radius 3 is 2.68 bits per heavy atom. The summed E-state index contributed by atoms with van der Waals surface area (Å²) in [5.74, 6) is 0. The van der Waals surface area contributed by atoms with Gasteiger partial charge >= 0.3 is 0 Å². The zero-order chi connectivity index (χ0) is 17.4. The first-order chi connectivity index (χ1) is 12.1. The molecule has 1 aromatic carbocycles. The molecule has 0 unspecified atom stereocenters. The third-order valence-corrected chi connectivity index (χ3v) is 5.35. The summed E-state index contributed by atoms with van der Waals surface area (Å²) in [7, 11) is 0. The van der Waals surface area contributed by atoms with Crippen LogP contribution in [-0.4, -0.2) is 21.2 Å². The topological polar surface area (TPSA) is 53.6 Å². The number of aryl methyl sites for hydroxylation is 1. The lowest BCUT2D eigenvalue weighted by atomic mass is 9.95. The molecule has 2 N–H and O–H groups in total. The quantitative estimate of drug-likeness (QED) is 0.592. The molecule has 1 aliphatic carbocycles. The Balaban J connectivity index is 1.78. The molecule has 3 aromatic rings. The molecule has 2 aromatic heterocycles. The van der Waals surface area contributed by atoms with Crippen LogP contribution in [-0.2, 0) is 0 Å². The standard InChI is InChI=1S/C19H20Cl2N4/c1-11-9-16(23-13-5-3-2-4-6-13)18-19(22-11)17(24-25-18)14-8-7-12(20)10-15(14)21/h7-10,13H,2-6H2,1H3,(H,22,23)(H,24,25). The van der Waals surface area contributed by atoms with E-state index in [1.165, 1.54) is 32.1 Å². The van der Waals surface area contributed by atoms with E-state index in [1.807, 2.05) is 19.1 Å². The third kappa shape index (κ3) is 3.33. The van der Waals surface area contributed by atoms with Crippen molar-refractivity contribution in [3.05, 3.63) is 40.0 Å². The Kier molecular flexibility index (Phi) is 4.57. The molecule has 0 saturated heterocycles. The van der Waals surface area contributed by atoms with Crippen LogP contribution in [0.4, 0.5) is 5.69 Å². The second-order valence-corrected chi connectivity index (χ2v) is 7.55. The SMILES string of the molecule is Cc1cc(NC2CCCCC2)c2[nH]nc(-c3ccc(Cl)cc3Cl)c2n1. The number of aromatic nitrogens is 3. The van der Waals surface area contributed by atoms with E-state index in [-0.39, 0.29) is 0 Å². The van der Waals surface area contributed by atoms with Gasteiger partial charge in [-0.1, -0.05) is 42.5 Å². The maximum absolute atomic E-state index is 6.37. The third-order valence-electron chi connectivity index (χ3n) is 4.80. The van der Waals surface area contributed by atoms with Gasteiger partial charge in [0.2, 0.25) is 0 Å². The Morgan fingerprint density at radius 2 is 1.92 bits per heavy atom. The normalized spacial score (nSPS) is 15.6. The van der Waals surface area contributed by atoms with Crippen molar-refractivity contribution in [2.75, 3.05) is 5.32 Å². The van der Waals surface area contributed by atoms with Crippen molar-refractivity contribution >= 4 is 39.9 Å². The van der Waals surface area contributed by atoms with Crippen molar-refractivity contribution in [3.63, 3.8) is 0 Å². The predicted molar refractivity (Wildman–Crippen MR) is 105 cm³/mol. The van der Waals surface area contributed by atoms with E-state index in [9.17, 15) is 0 Å². The van der Waals surface area contributed by atoms with E-state index >= 15 is 0 Å². The lowest BCUT2D eigenvalue weighted by Gasteiger charge is -2.24. The van der Waals surface area contributed by atoms with Gasteiger partial charge in [0, 0.05) is 22.3 Å². The van der Waals surface area contributed by atoms with E-state index in [0.29, 0.717) is 16.1 Å². The van der Waals surface area contributed by atoms with Gasteiger partial charge in [-0.25, -0.2) is 4.98 Å². The molecule has 1 saturated carbocycles. The molecule has 0 spiro atoms. The summed E-state index contributed by atoms with van der Waals surface area (Å²) in [5, 5.41) is 12.5. The van der Waals surface area contributed by atoms with Gasteiger partial charge in [0.1, 0.15) is 16.7 Å². The van der Waals surface area contributed by atoms with Crippen molar-refractivity contribution < 1.29 is 0 Å². The van der Waals surface area contributed by atoms with Gasteiger partial charge < -0.3 is 5.32 Å². The number of aromatic amines is 1. The molecule has 0 bridgehead atoms. The predicted octanol–water partition coefficient (Wildman–Crippen LogP) is 5.98. The van der Waals surface area contributed by atoms with Gasteiger partial charge in [-0.15, -0.1) is 0 Å². The highest BCUT2D eigenvalue weighted by Gasteiger charge is 2.19. The molecule has 0 aliphatic heterocycles. The van der Waals surface area contributed by atoms with Crippen LogP contribution < -0.4 is 5.32 Å². The van der Waals surface area contributed by atoms with E-state index < -0.39 is 0 Å². The molecule has 1 fully saturated rings. The molecular formula is C19H20Cl2N4. The number of rotatable bonds is 3. The molecular weight excluding hydrogens is 355 g/mol. The van der Waals surface area contributed by atoms with E-state index in [2.05, 4.69) is 21.6 Å². The molecule has 0 atom stereocenters. The molecule has 25 heavy (non-hydrogen) atoms. The molecule has 0 amide bonds. The number of hydrogen-bond acceptors (Lipinski definition) is 3. The maximum atomic E-state index is 6.37. The van der Waals surface area contributed by atoms with E-state index in [0.717, 1.165) is 33.7 Å². The van der Waals surface area contributed by atoms with Gasteiger partial charge in [0.05, 0.1) is 10.7 Å². The molecule has 4 rings (SSSR count). The Bertz CT molecular complexity index is 913. The van der Waals surface area contributed by atoms with E-state index in [1.54, 1.807) is 6.07 Å². The van der Waals surface area contributed by atoms with Gasteiger partial charge in [0.15, 0.2) is 0 Å². The Hall–Kier alpha value is -1.78. The zero-order valence-electron chi connectivity index (χ0n) is 14.1. The second-order valence-electron chi connectivity index (χ2n) is 6.71. The number of anilines is 1. The van der Waals surface area contributed by atoms with Crippen molar-refractivity contribution in [2.45, 2.75) is 45.1 Å². The molecule has 4 nitrogen and oxygen atoms in total. The number of H-pyrrole nitrogens is 1. The lowest BCUT2D eigenvalue weighted by Crippen LogP contribution is -2.22. The number of hydrogen-bond donors (Lipinski definition) is 2. The van der Waals surface area contributed by atoms with Crippen LogP contribution in [0.2, 0.25) is 10.0 Å². The molecule has 2 heterocycles. The summed E-state index contributed by atoms with van der Waals surface area (Å²) < 4.78 is 0. The second kappa shape index (κ2) is 6.85. The van der Waals surface area contributed by atoms with Crippen LogP contribution in [0.5, 0.6) is 0 Å².